The largest absolute Gasteiger partial charge is 0.504 e. The van der Waals surface area contributed by atoms with Crippen LogP contribution in [0.1, 0.15) is 29.2 Å². The fourth-order valence-corrected chi connectivity index (χ4v) is 7.13. The second kappa shape index (κ2) is 7.06. The second-order valence-electron chi connectivity index (χ2n) is 8.49. The number of carbonyl (C=O) groups is 1. The quantitative estimate of drug-likeness (QED) is 0.727. The molecular formula is C24H25NO4S. The van der Waals surface area contributed by atoms with Crippen LogP contribution >= 0.6 is 11.8 Å². The van der Waals surface area contributed by atoms with Crippen molar-refractivity contribution >= 4 is 17.5 Å². The van der Waals surface area contributed by atoms with E-state index in [1.54, 1.807) is 17.8 Å². The lowest BCUT2D eigenvalue weighted by Gasteiger charge is -2.58. The SMILES string of the molecule is COC1=C[C@@H]2[C@@H]3[C@H](Sc4ccccc4)c4ccc(O)c(O)c4[C@]2(CCN3C)CC1=O. The molecule has 3 aliphatic rings. The molecular weight excluding hydrogens is 398 g/mol. The Labute approximate surface area is 180 Å². The van der Waals surface area contributed by atoms with Gasteiger partial charge in [-0.25, -0.2) is 0 Å². The number of carbonyl (C=O) groups excluding carboxylic acids is 1. The van der Waals surface area contributed by atoms with Crippen molar-refractivity contribution in [2.75, 3.05) is 20.7 Å². The van der Waals surface area contributed by atoms with E-state index in [1.165, 1.54) is 7.11 Å². The molecule has 2 N–H and O–H groups in total. The summed E-state index contributed by atoms with van der Waals surface area (Å²) >= 11 is 1.77. The molecule has 5 rings (SSSR count). The standard InChI is InChI=1S/C24H25NO4S/c1-25-11-10-24-13-18(27)19(29-2)12-16(24)21(25)23(30-14-6-4-3-5-7-14)15-8-9-17(26)22(28)20(15)24/h3-9,12,16,21,23,26,28H,10-11,13H2,1-2H3/t16-,21-,23-,24-/m1/s1. The second-order valence-corrected chi connectivity index (χ2v) is 9.70. The van der Waals surface area contributed by atoms with Gasteiger partial charge in [-0.2, -0.15) is 0 Å². The maximum Gasteiger partial charge on any atom is 0.197 e. The van der Waals surface area contributed by atoms with Gasteiger partial charge < -0.3 is 19.8 Å². The van der Waals surface area contributed by atoms with E-state index in [2.05, 4.69) is 24.1 Å². The van der Waals surface area contributed by atoms with Gasteiger partial charge in [0.05, 0.1) is 12.4 Å². The number of thioether (sulfide) groups is 1. The van der Waals surface area contributed by atoms with Crippen LogP contribution in [0.15, 0.2) is 59.2 Å². The Hall–Kier alpha value is -2.44. The Balaban J connectivity index is 1.76. The molecule has 0 aromatic heterocycles. The van der Waals surface area contributed by atoms with Gasteiger partial charge in [0.25, 0.3) is 0 Å². The van der Waals surface area contributed by atoms with Crippen LogP contribution in [0, 0.1) is 5.92 Å². The van der Waals surface area contributed by atoms with Crippen LogP contribution in [0.25, 0.3) is 0 Å². The summed E-state index contributed by atoms with van der Waals surface area (Å²) in [7, 11) is 3.67. The zero-order valence-electron chi connectivity index (χ0n) is 17.0. The monoisotopic (exact) mass is 423 g/mol. The van der Waals surface area contributed by atoms with Crippen molar-refractivity contribution in [1.29, 1.82) is 0 Å². The summed E-state index contributed by atoms with van der Waals surface area (Å²) in [6.07, 6.45) is 3.00. The van der Waals surface area contributed by atoms with E-state index in [0.717, 1.165) is 29.0 Å². The maximum atomic E-state index is 12.9. The van der Waals surface area contributed by atoms with Gasteiger partial charge in [0, 0.05) is 34.3 Å². The molecule has 0 amide bonds. The van der Waals surface area contributed by atoms with Gasteiger partial charge in [0.1, 0.15) is 0 Å². The summed E-state index contributed by atoms with van der Waals surface area (Å²) in [5, 5.41) is 21.4. The van der Waals surface area contributed by atoms with Gasteiger partial charge in [0.2, 0.25) is 0 Å². The molecule has 2 aromatic rings. The summed E-state index contributed by atoms with van der Waals surface area (Å²) < 4.78 is 5.42. The molecule has 0 spiro atoms. The number of allylic oxidation sites excluding steroid dienone is 1. The molecule has 5 nitrogen and oxygen atoms in total. The fraction of sp³-hybridized carbons (Fsp3) is 0.375. The van der Waals surface area contributed by atoms with Crippen molar-refractivity contribution < 1.29 is 19.7 Å². The van der Waals surface area contributed by atoms with E-state index in [4.69, 9.17) is 4.74 Å². The van der Waals surface area contributed by atoms with Gasteiger partial charge >= 0.3 is 0 Å². The number of ether oxygens (including phenoxy) is 1. The molecule has 2 bridgehead atoms. The minimum absolute atomic E-state index is 0.00492. The minimum atomic E-state index is -0.526. The normalized spacial score (nSPS) is 30.3. The first-order valence-electron chi connectivity index (χ1n) is 10.2. The third-order valence-corrected chi connectivity index (χ3v) is 8.37. The number of likely N-dealkylation sites (tertiary alicyclic amines) is 1. The Bertz CT molecular complexity index is 1040. The first-order valence-corrected chi connectivity index (χ1v) is 11.1. The fourth-order valence-electron chi connectivity index (χ4n) is 5.69. The summed E-state index contributed by atoms with van der Waals surface area (Å²) in [4.78, 5) is 16.4. The van der Waals surface area contributed by atoms with Crippen molar-refractivity contribution in [2.45, 2.75) is 34.4 Å². The summed E-state index contributed by atoms with van der Waals surface area (Å²) in [5.41, 5.74) is 1.22. The van der Waals surface area contributed by atoms with Gasteiger partial charge in [-0.05, 0) is 49.9 Å². The lowest BCUT2D eigenvalue weighted by molar-refractivity contribution is -0.122. The number of rotatable bonds is 3. The van der Waals surface area contributed by atoms with Gasteiger partial charge in [-0.1, -0.05) is 24.3 Å². The van der Waals surface area contributed by atoms with Crippen molar-refractivity contribution in [1.82, 2.24) is 4.90 Å². The van der Waals surface area contributed by atoms with E-state index < -0.39 is 5.41 Å². The van der Waals surface area contributed by atoms with Crippen LogP contribution in [-0.4, -0.2) is 47.6 Å². The number of likely N-dealkylation sites (N-methyl/N-ethyl adjacent to an activating group) is 1. The number of hydrogen-bond donors (Lipinski definition) is 2. The molecule has 30 heavy (non-hydrogen) atoms. The number of fused-ring (bicyclic) bond motifs is 1. The molecule has 0 unspecified atom stereocenters. The highest BCUT2D eigenvalue weighted by Gasteiger charge is 2.59. The highest BCUT2D eigenvalue weighted by molar-refractivity contribution is 7.99. The minimum Gasteiger partial charge on any atom is -0.504 e. The molecule has 2 aromatic carbocycles. The molecule has 0 saturated carbocycles. The number of nitrogens with zero attached hydrogens (tertiary/aromatic N) is 1. The third-order valence-electron chi connectivity index (χ3n) is 7.04. The highest BCUT2D eigenvalue weighted by atomic mass is 32.2. The first kappa shape index (κ1) is 19.5. The average molecular weight is 424 g/mol. The number of ketones is 1. The van der Waals surface area contributed by atoms with Gasteiger partial charge in [-0.3, -0.25) is 4.79 Å². The average Bonchev–Trinajstić information content (AvgIpc) is 2.74. The Morgan fingerprint density at radius 3 is 2.67 bits per heavy atom. The smallest absolute Gasteiger partial charge is 0.197 e. The summed E-state index contributed by atoms with van der Waals surface area (Å²) in [6, 6.07) is 13.9. The summed E-state index contributed by atoms with van der Waals surface area (Å²) in [6.45, 7) is 0.824. The lowest BCUT2D eigenvalue weighted by Crippen LogP contribution is -2.61. The maximum absolute atomic E-state index is 12.9. The van der Waals surface area contributed by atoms with Crippen molar-refractivity contribution in [3.8, 4) is 11.5 Å². The number of aromatic hydroxyl groups is 2. The Morgan fingerprint density at radius 1 is 1.17 bits per heavy atom. The molecule has 1 aliphatic heterocycles. The predicted molar refractivity (Wildman–Crippen MR) is 116 cm³/mol. The number of phenolic OH excluding ortho intramolecular Hbond substituents is 2. The number of hydrogen-bond acceptors (Lipinski definition) is 6. The van der Waals surface area contributed by atoms with Crippen molar-refractivity contribution in [3.63, 3.8) is 0 Å². The van der Waals surface area contributed by atoms with E-state index in [-0.39, 0.29) is 40.9 Å². The van der Waals surface area contributed by atoms with Gasteiger partial charge in [0.15, 0.2) is 23.0 Å². The molecule has 156 valence electrons. The molecule has 2 aliphatic carbocycles. The molecule has 4 atom stereocenters. The Morgan fingerprint density at radius 2 is 1.93 bits per heavy atom. The van der Waals surface area contributed by atoms with Crippen molar-refractivity contribution in [3.05, 3.63) is 65.4 Å². The molecule has 6 heteroatoms. The van der Waals surface area contributed by atoms with Crippen LogP contribution in [0.4, 0.5) is 0 Å². The van der Waals surface area contributed by atoms with E-state index in [1.807, 2.05) is 30.3 Å². The number of phenols is 2. The number of methoxy groups -OCH3 is 1. The number of benzene rings is 2. The van der Waals surface area contributed by atoms with Gasteiger partial charge in [-0.15, -0.1) is 11.8 Å². The molecule has 1 saturated heterocycles. The van der Waals surface area contributed by atoms with Crippen LogP contribution in [0.2, 0.25) is 0 Å². The molecule has 1 heterocycles. The van der Waals surface area contributed by atoms with E-state index in [0.29, 0.717) is 5.76 Å². The number of piperidine rings is 1. The van der Waals surface area contributed by atoms with Crippen LogP contribution < -0.4 is 0 Å². The number of Topliss-reactive ketones (excluding diaryl/α,β-unsaturated/α-hetero) is 1. The van der Waals surface area contributed by atoms with Crippen LogP contribution in [0.5, 0.6) is 11.5 Å². The lowest BCUT2D eigenvalue weighted by atomic mass is 9.53. The van der Waals surface area contributed by atoms with E-state index >= 15 is 0 Å². The van der Waals surface area contributed by atoms with Crippen LogP contribution in [-0.2, 0) is 14.9 Å². The zero-order valence-corrected chi connectivity index (χ0v) is 17.9. The molecule has 1 fully saturated rings. The Kier molecular flexibility index (Phi) is 4.60. The molecule has 0 radical (unpaired) electrons. The predicted octanol–water partition coefficient (Wildman–Crippen LogP) is 4.01. The first-order chi connectivity index (χ1) is 14.5. The van der Waals surface area contributed by atoms with Crippen LogP contribution in [0.3, 0.4) is 0 Å². The zero-order chi connectivity index (χ0) is 21.0. The van der Waals surface area contributed by atoms with Crippen molar-refractivity contribution in [2.24, 2.45) is 5.92 Å². The highest BCUT2D eigenvalue weighted by Crippen LogP contribution is 2.63. The third kappa shape index (κ3) is 2.70. The summed E-state index contributed by atoms with van der Waals surface area (Å²) in [5.74, 6) is 0.158. The topological polar surface area (TPSA) is 70.0 Å². The van der Waals surface area contributed by atoms with E-state index in [9.17, 15) is 15.0 Å².